The number of carbonyl (C=O) groups is 1. The molecule has 0 spiro atoms. The van der Waals surface area contributed by atoms with Crippen LogP contribution in [-0.2, 0) is 11.2 Å². The molecule has 0 unspecified atom stereocenters. The van der Waals surface area contributed by atoms with Crippen molar-refractivity contribution in [2.75, 3.05) is 18.5 Å². The van der Waals surface area contributed by atoms with Crippen LogP contribution in [0.1, 0.15) is 17.0 Å². The van der Waals surface area contributed by atoms with Crippen LogP contribution < -0.4 is 14.8 Å². The molecule has 1 aliphatic heterocycles. The van der Waals surface area contributed by atoms with Gasteiger partial charge in [0.2, 0.25) is 5.91 Å². The molecule has 0 bridgehead atoms. The summed E-state index contributed by atoms with van der Waals surface area (Å²) in [6.45, 7) is 5.01. The van der Waals surface area contributed by atoms with Gasteiger partial charge in [0.1, 0.15) is 13.2 Å². The van der Waals surface area contributed by atoms with Crippen molar-refractivity contribution in [1.29, 1.82) is 0 Å². The van der Waals surface area contributed by atoms with Crippen molar-refractivity contribution in [2.24, 2.45) is 0 Å². The van der Waals surface area contributed by atoms with E-state index in [0.717, 1.165) is 39.6 Å². The molecule has 3 heterocycles. The molecule has 32 heavy (non-hydrogen) atoms. The van der Waals surface area contributed by atoms with E-state index >= 15 is 0 Å². The number of ether oxygens (including phenoxy) is 2. The van der Waals surface area contributed by atoms with E-state index in [4.69, 9.17) is 9.47 Å². The Bertz CT molecular complexity index is 1280. The van der Waals surface area contributed by atoms with E-state index in [1.807, 2.05) is 72.4 Å². The Morgan fingerprint density at radius 1 is 1.09 bits per heavy atom. The molecule has 0 saturated heterocycles. The highest BCUT2D eigenvalue weighted by Gasteiger charge is 2.18. The van der Waals surface area contributed by atoms with Gasteiger partial charge in [0.05, 0.1) is 23.5 Å². The molecule has 0 radical (unpaired) electrons. The number of benzene rings is 2. The van der Waals surface area contributed by atoms with Gasteiger partial charge in [0.15, 0.2) is 16.6 Å². The summed E-state index contributed by atoms with van der Waals surface area (Å²) in [7, 11) is 0. The molecule has 1 aliphatic rings. The number of nitrogens with one attached hydrogen (secondary N) is 1. The van der Waals surface area contributed by atoms with E-state index in [9.17, 15) is 4.79 Å². The van der Waals surface area contributed by atoms with Gasteiger partial charge in [-0.1, -0.05) is 18.2 Å². The smallest absolute Gasteiger partial charge is 0.230 e. The lowest BCUT2D eigenvalue weighted by atomic mass is 10.1. The van der Waals surface area contributed by atoms with E-state index in [1.165, 1.54) is 11.3 Å². The Labute approximate surface area is 189 Å². The van der Waals surface area contributed by atoms with Crippen LogP contribution in [0.3, 0.4) is 0 Å². The van der Waals surface area contributed by atoms with E-state index in [-0.39, 0.29) is 12.3 Å². The Morgan fingerprint density at radius 2 is 1.88 bits per heavy atom. The molecule has 0 fully saturated rings. The van der Waals surface area contributed by atoms with Crippen molar-refractivity contribution in [3.63, 3.8) is 0 Å². The highest BCUT2D eigenvalue weighted by Crippen LogP contribution is 2.35. The van der Waals surface area contributed by atoms with E-state index in [1.54, 1.807) is 0 Å². The Hall–Kier alpha value is -3.65. The van der Waals surface area contributed by atoms with Crippen LogP contribution in [0.5, 0.6) is 11.5 Å². The van der Waals surface area contributed by atoms with Crippen molar-refractivity contribution >= 4 is 22.4 Å². The van der Waals surface area contributed by atoms with Gasteiger partial charge in [-0.3, -0.25) is 4.79 Å². The maximum absolute atomic E-state index is 12.8. The first kappa shape index (κ1) is 20.3. The number of amides is 1. The fraction of sp³-hybridized carbons (Fsp3) is 0.208. The first-order valence-corrected chi connectivity index (χ1v) is 11.2. The van der Waals surface area contributed by atoms with Crippen molar-refractivity contribution in [3.05, 3.63) is 70.9 Å². The molecule has 0 atom stereocenters. The number of aromatic nitrogens is 3. The second kappa shape index (κ2) is 8.47. The predicted octanol–water partition coefficient (Wildman–Crippen LogP) is 4.57. The zero-order valence-corrected chi connectivity index (χ0v) is 18.6. The zero-order valence-electron chi connectivity index (χ0n) is 17.8. The maximum atomic E-state index is 12.8. The summed E-state index contributed by atoms with van der Waals surface area (Å²) in [5.74, 6) is 1.34. The van der Waals surface area contributed by atoms with Crippen molar-refractivity contribution in [1.82, 2.24) is 14.8 Å². The van der Waals surface area contributed by atoms with Crippen LogP contribution >= 0.6 is 11.3 Å². The SMILES string of the molecule is Cc1nn(-c2ccccc2)c(C)c1CC(=O)Nc1nc(-c2ccc3c(c2)OCCO3)cs1. The van der Waals surface area contributed by atoms with E-state index in [2.05, 4.69) is 15.4 Å². The summed E-state index contributed by atoms with van der Waals surface area (Å²) in [6, 6.07) is 15.7. The third-order valence-electron chi connectivity index (χ3n) is 5.37. The van der Waals surface area contributed by atoms with Gasteiger partial charge in [-0.05, 0) is 44.2 Å². The number of aryl methyl sites for hydroxylation is 1. The number of hydrogen-bond donors (Lipinski definition) is 1. The van der Waals surface area contributed by atoms with Crippen molar-refractivity contribution in [2.45, 2.75) is 20.3 Å². The molecule has 162 valence electrons. The Kier molecular flexibility index (Phi) is 5.36. The van der Waals surface area contributed by atoms with Gasteiger partial charge in [-0.25, -0.2) is 9.67 Å². The Balaban J connectivity index is 1.30. The second-order valence-electron chi connectivity index (χ2n) is 7.52. The number of rotatable bonds is 5. The number of para-hydroxylation sites is 1. The molecule has 5 rings (SSSR count). The summed E-state index contributed by atoms with van der Waals surface area (Å²) < 4.78 is 13.1. The number of nitrogens with zero attached hydrogens (tertiary/aromatic N) is 3. The van der Waals surface area contributed by atoms with Crippen LogP contribution in [0.15, 0.2) is 53.9 Å². The largest absolute Gasteiger partial charge is 0.486 e. The second-order valence-corrected chi connectivity index (χ2v) is 8.38. The summed E-state index contributed by atoms with van der Waals surface area (Å²) >= 11 is 1.40. The molecule has 2 aromatic carbocycles. The highest BCUT2D eigenvalue weighted by molar-refractivity contribution is 7.14. The quantitative estimate of drug-likeness (QED) is 0.486. The molecule has 2 aromatic heterocycles. The normalized spacial score (nSPS) is 12.6. The predicted molar refractivity (Wildman–Crippen MR) is 124 cm³/mol. The van der Waals surface area contributed by atoms with Crippen LogP contribution in [0.4, 0.5) is 5.13 Å². The van der Waals surface area contributed by atoms with Crippen molar-refractivity contribution in [3.8, 4) is 28.4 Å². The van der Waals surface area contributed by atoms with E-state index in [0.29, 0.717) is 24.1 Å². The van der Waals surface area contributed by atoms with Crippen LogP contribution in [0.25, 0.3) is 16.9 Å². The average Bonchev–Trinajstić information content (AvgIpc) is 3.39. The average molecular weight is 447 g/mol. The molecule has 1 N–H and O–H groups in total. The molecule has 8 heteroatoms. The van der Waals surface area contributed by atoms with Crippen LogP contribution in [0.2, 0.25) is 0 Å². The third-order valence-corrected chi connectivity index (χ3v) is 6.13. The molecule has 0 aliphatic carbocycles. The molecular weight excluding hydrogens is 424 g/mol. The van der Waals surface area contributed by atoms with Gasteiger partial charge < -0.3 is 14.8 Å². The van der Waals surface area contributed by atoms with Gasteiger partial charge in [0.25, 0.3) is 0 Å². The highest BCUT2D eigenvalue weighted by atomic mass is 32.1. The lowest BCUT2D eigenvalue weighted by molar-refractivity contribution is -0.115. The summed E-state index contributed by atoms with van der Waals surface area (Å²) in [6.07, 6.45) is 0.240. The molecular formula is C24H22N4O3S. The fourth-order valence-electron chi connectivity index (χ4n) is 3.74. The molecule has 1 amide bonds. The standard InChI is InChI=1S/C24H22N4O3S/c1-15-19(16(2)28(27-15)18-6-4-3-5-7-18)13-23(29)26-24-25-20(14-32-24)17-8-9-21-22(12-17)31-11-10-30-21/h3-9,12,14H,10-11,13H2,1-2H3,(H,25,26,29). The van der Waals surface area contributed by atoms with E-state index < -0.39 is 0 Å². The minimum Gasteiger partial charge on any atom is -0.486 e. The maximum Gasteiger partial charge on any atom is 0.230 e. The zero-order chi connectivity index (χ0) is 22.1. The first-order chi connectivity index (χ1) is 15.6. The fourth-order valence-corrected chi connectivity index (χ4v) is 4.48. The number of hydrogen-bond acceptors (Lipinski definition) is 6. The van der Waals surface area contributed by atoms with Crippen molar-refractivity contribution < 1.29 is 14.3 Å². The van der Waals surface area contributed by atoms with Gasteiger partial charge in [-0.15, -0.1) is 11.3 Å². The summed E-state index contributed by atoms with van der Waals surface area (Å²) in [5, 5.41) is 10.0. The molecule has 4 aromatic rings. The topological polar surface area (TPSA) is 78.3 Å². The number of thiazole rings is 1. The Morgan fingerprint density at radius 3 is 2.69 bits per heavy atom. The van der Waals surface area contributed by atoms with Crippen LogP contribution in [0, 0.1) is 13.8 Å². The van der Waals surface area contributed by atoms with Crippen LogP contribution in [-0.4, -0.2) is 33.9 Å². The number of fused-ring (bicyclic) bond motifs is 1. The summed E-state index contributed by atoms with van der Waals surface area (Å²) in [4.78, 5) is 17.3. The lowest BCUT2D eigenvalue weighted by Gasteiger charge is -2.18. The third kappa shape index (κ3) is 3.97. The minimum atomic E-state index is -0.119. The van der Waals surface area contributed by atoms with Gasteiger partial charge in [-0.2, -0.15) is 5.10 Å². The first-order valence-electron chi connectivity index (χ1n) is 10.3. The van der Waals surface area contributed by atoms with Gasteiger partial charge in [0, 0.05) is 22.2 Å². The molecule has 0 saturated carbocycles. The monoisotopic (exact) mass is 446 g/mol. The summed E-state index contributed by atoms with van der Waals surface area (Å²) in [5.41, 5.74) is 5.41. The lowest BCUT2D eigenvalue weighted by Crippen LogP contribution is -2.15. The minimum absolute atomic E-state index is 0.119. The number of carbonyl (C=O) groups excluding carboxylic acids is 1. The number of anilines is 1. The molecule has 7 nitrogen and oxygen atoms in total. The van der Waals surface area contributed by atoms with Gasteiger partial charge >= 0.3 is 0 Å².